The zero-order chi connectivity index (χ0) is 22.6. The summed E-state index contributed by atoms with van der Waals surface area (Å²) in [6, 6.07) is 8.28. The minimum absolute atomic E-state index is 0.150. The number of ketones is 1. The number of likely N-dealkylation sites (tertiary alicyclic amines) is 1. The Morgan fingerprint density at radius 1 is 0.970 bits per heavy atom. The van der Waals surface area contributed by atoms with Crippen LogP contribution >= 0.6 is 0 Å². The van der Waals surface area contributed by atoms with Crippen molar-refractivity contribution >= 4 is 22.6 Å². The topological polar surface area (TPSA) is 67.2 Å². The van der Waals surface area contributed by atoms with Crippen molar-refractivity contribution in [2.75, 3.05) is 31.1 Å². The van der Waals surface area contributed by atoms with E-state index in [-0.39, 0.29) is 5.78 Å². The van der Waals surface area contributed by atoms with Gasteiger partial charge in [0.2, 0.25) is 0 Å². The molecule has 0 atom stereocenters. The summed E-state index contributed by atoms with van der Waals surface area (Å²) in [6.45, 7) is 5.14. The Kier molecular flexibility index (Phi) is 6.67. The molecular formula is C26H34N6O. The Hall–Kier alpha value is -2.80. The van der Waals surface area contributed by atoms with Crippen LogP contribution in [0.5, 0.6) is 0 Å². The summed E-state index contributed by atoms with van der Waals surface area (Å²) in [5.74, 6) is 1.58. The molecule has 33 heavy (non-hydrogen) atoms. The summed E-state index contributed by atoms with van der Waals surface area (Å²) in [5, 5.41) is 5.49. The van der Waals surface area contributed by atoms with Crippen molar-refractivity contribution in [2.24, 2.45) is 13.0 Å². The summed E-state index contributed by atoms with van der Waals surface area (Å²) >= 11 is 0. The minimum Gasteiger partial charge on any atom is -0.357 e. The number of carbonyl (C=O) groups is 1. The fourth-order valence-electron chi connectivity index (χ4n) is 5.26. The average Bonchev–Trinajstić information content (AvgIpc) is 3.00. The van der Waals surface area contributed by atoms with Crippen molar-refractivity contribution in [3.8, 4) is 0 Å². The molecule has 7 heteroatoms. The van der Waals surface area contributed by atoms with Gasteiger partial charge in [-0.2, -0.15) is 5.10 Å². The van der Waals surface area contributed by atoms with Gasteiger partial charge in [0, 0.05) is 45.5 Å². The number of rotatable bonds is 6. The molecule has 3 aromatic rings. The smallest absolute Gasteiger partial charge is 0.184 e. The first-order chi connectivity index (χ1) is 16.2. The second kappa shape index (κ2) is 10.00. The molecule has 0 radical (unpaired) electrons. The third-order valence-electron chi connectivity index (χ3n) is 7.20. The molecule has 174 valence electrons. The van der Waals surface area contributed by atoms with E-state index in [4.69, 9.17) is 4.98 Å². The van der Waals surface area contributed by atoms with Gasteiger partial charge in [-0.1, -0.05) is 12.8 Å². The number of piperidine rings is 1. The zero-order valence-corrected chi connectivity index (χ0v) is 19.6. The highest BCUT2D eigenvalue weighted by molar-refractivity contribution is 6.05. The van der Waals surface area contributed by atoms with Crippen LogP contribution in [0.4, 0.5) is 5.82 Å². The molecule has 0 aromatic carbocycles. The van der Waals surface area contributed by atoms with E-state index in [1.807, 2.05) is 19.4 Å². The minimum atomic E-state index is 0.150. The van der Waals surface area contributed by atoms with E-state index in [0.29, 0.717) is 18.0 Å². The first-order valence-electron chi connectivity index (χ1n) is 12.4. The molecular weight excluding hydrogens is 412 g/mol. The maximum Gasteiger partial charge on any atom is 0.184 e. The van der Waals surface area contributed by atoms with Crippen LogP contribution in [0.15, 0.2) is 36.7 Å². The van der Waals surface area contributed by atoms with E-state index in [1.54, 1.807) is 4.68 Å². The van der Waals surface area contributed by atoms with Crippen LogP contribution in [0.25, 0.3) is 11.0 Å². The van der Waals surface area contributed by atoms with Gasteiger partial charge in [-0.15, -0.1) is 0 Å². The molecule has 2 fully saturated rings. The third-order valence-corrected chi connectivity index (χ3v) is 7.20. The molecule has 0 unspecified atom stereocenters. The molecule has 0 saturated carbocycles. The molecule has 5 heterocycles. The molecule has 0 N–H and O–H groups in total. The molecule has 0 bridgehead atoms. The molecule has 0 aliphatic carbocycles. The summed E-state index contributed by atoms with van der Waals surface area (Å²) in [5.41, 5.74) is 2.69. The normalized spacial score (nSPS) is 18.5. The highest BCUT2D eigenvalue weighted by atomic mass is 16.1. The van der Waals surface area contributed by atoms with Gasteiger partial charge in [-0.3, -0.25) is 14.7 Å². The molecule has 5 rings (SSSR count). The lowest BCUT2D eigenvalue weighted by atomic mass is 9.90. The summed E-state index contributed by atoms with van der Waals surface area (Å²) < 4.78 is 1.78. The number of pyridine rings is 2. The second-order valence-electron chi connectivity index (χ2n) is 9.62. The number of Topliss-reactive ketones (excluding diaryl/α,β-unsaturated/α-hetero) is 1. The Morgan fingerprint density at radius 3 is 2.42 bits per heavy atom. The van der Waals surface area contributed by atoms with Gasteiger partial charge in [0.25, 0.3) is 0 Å². The van der Waals surface area contributed by atoms with Crippen LogP contribution in [0.2, 0.25) is 0 Å². The van der Waals surface area contributed by atoms with Crippen LogP contribution in [-0.2, 0) is 13.6 Å². The lowest BCUT2D eigenvalue weighted by Gasteiger charge is -2.31. The van der Waals surface area contributed by atoms with Gasteiger partial charge < -0.3 is 4.90 Å². The van der Waals surface area contributed by atoms with Crippen LogP contribution < -0.4 is 4.90 Å². The second-order valence-corrected chi connectivity index (χ2v) is 9.62. The van der Waals surface area contributed by atoms with Gasteiger partial charge in [-0.05, 0) is 74.5 Å². The van der Waals surface area contributed by atoms with Crippen LogP contribution in [0, 0.1) is 5.92 Å². The lowest BCUT2D eigenvalue weighted by molar-refractivity contribution is 0.0921. The largest absolute Gasteiger partial charge is 0.357 e. The van der Waals surface area contributed by atoms with Crippen molar-refractivity contribution in [3.63, 3.8) is 0 Å². The standard InChI is InChI=1S/C26H34N6O/c1-30-26-22(6-7-24(28-26)32-14-4-2-3-5-15-32)25(29-30)23(33)18-20-10-16-31(17-11-20)19-21-8-12-27-13-9-21/h6-9,12-13,20H,2-5,10-11,14-19H2,1H3. The maximum absolute atomic E-state index is 13.2. The summed E-state index contributed by atoms with van der Waals surface area (Å²) in [6.07, 6.45) is 11.4. The van der Waals surface area contributed by atoms with Gasteiger partial charge in [0.05, 0.1) is 5.39 Å². The monoisotopic (exact) mass is 446 g/mol. The van der Waals surface area contributed by atoms with E-state index < -0.39 is 0 Å². The first-order valence-corrected chi connectivity index (χ1v) is 12.4. The number of hydrogen-bond acceptors (Lipinski definition) is 6. The van der Waals surface area contributed by atoms with Gasteiger partial charge >= 0.3 is 0 Å². The van der Waals surface area contributed by atoms with Crippen molar-refractivity contribution in [1.82, 2.24) is 24.6 Å². The first kappa shape index (κ1) is 22.0. The van der Waals surface area contributed by atoms with Crippen LogP contribution in [-0.4, -0.2) is 56.6 Å². The molecule has 7 nitrogen and oxygen atoms in total. The van der Waals surface area contributed by atoms with E-state index in [0.717, 1.165) is 62.4 Å². The fraction of sp³-hybridized carbons (Fsp3) is 0.538. The fourth-order valence-corrected chi connectivity index (χ4v) is 5.26. The maximum atomic E-state index is 13.2. The Labute approximate surface area is 195 Å². The van der Waals surface area contributed by atoms with Crippen molar-refractivity contribution in [1.29, 1.82) is 0 Å². The number of hydrogen-bond donors (Lipinski definition) is 0. The average molecular weight is 447 g/mol. The van der Waals surface area contributed by atoms with E-state index >= 15 is 0 Å². The molecule has 2 aliphatic heterocycles. The number of anilines is 1. The SMILES string of the molecule is Cn1nc(C(=O)CC2CCN(Cc3ccncc3)CC2)c2ccc(N3CCCCCC3)nc21. The van der Waals surface area contributed by atoms with Crippen molar-refractivity contribution in [3.05, 3.63) is 47.9 Å². The molecule has 3 aromatic heterocycles. The highest BCUT2D eigenvalue weighted by Gasteiger charge is 2.25. The quantitative estimate of drug-likeness (QED) is 0.528. The predicted octanol–water partition coefficient (Wildman–Crippen LogP) is 4.23. The van der Waals surface area contributed by atoms with E-state index in [2.05, 4.69) is 44.1 Å². The predicted molar refractivity (Wildman–Crippen MR) is 130 cm³/mol. The lowest BCUT2D eigenvalue weighted by Crippen LogP contribution is -2.34. The Balaban J connectivity index is 1.22. The number of carbonyl (C=O) groups excluding carboxylic acids is 1. The van der Waals surface area contributed by atoms with Gasteiger partial charge in [0.15, 0.2) is 11.4 Å². The van der Waals surface area contributed by atoms with Crippen LogP contribution in [0.3, 0.4) is 0 Å². The molecule has 0 amide bonds. The Bertz CT molecular complexity index is 1080. The third kappa shape index (κ3) is 5.08. The summed E-state index contributed by atoms with van der Waals surface area (Å²) in [7, 11) is 1.90. The van der Waals surface area contributed by atoms with Gasteiger partial charge in [0.1, 0.15) is 11.5 Å². The number of fused-ring (bicyclic) bond motifs is 1. The number of aryl methyl sites for hydroxylation is 1. The van der Waals surface area contributed by atoms with E-state index in [9.17, 15) is 4.79 Å². The van der Waals surface area contributed by atoms with Gasteiger partial charge in [-0.25, -0.2) is 9.67 Å². The van der Waals surface area contributed by atoms with Crippen molar-refractivity contribution < 1.29 is 4.79 Å². The molecule has 0 spiro atoms. The summed E-state index contributed by atoms with van der Waals surface area (Å²) in [4.78, 5) is 27.1. The number of aromatic nitrogens is 4. The Morgan fingerprint density at radius 2 is 1.70 bits per heavy atom. The highest BCUT2D eigenvalue weighted by Crippen LogP contribution is 2.27. The van der Waals surface area contributed by atoms with Crippen LogP contribution in [0.1, 0.15) is 61.0 Å². The molecule has 2 saturated heterocycles. The van der Waals surface area contributed by atoms with Crippen molar-refractivity contribution in [2.45, 2.75) is 51.5 Å². The molecule has 2 aliphatic rings. The number of nitrogens with zero attached hydrogens (tertiary/aromatic N) is 6. The zero-order valence-electron chi connectivity index (χ0n) is 19.6. The van der Waals surface area contributed by atoms with E-state index in [1.165, 1.54) is 31.2 Å².